The maximum absolute atomic E-state index is 8.43. The summed E-state index contributed by atoms with van der Waals surface area (Å²) in [5.74, 6) is 0.823. The Hall–Kier alpha value is 0.492. The zero-order chi connectivity index (χ0) is 7.11. The molecular formula is C8H21AlO. The lowest BCUT2D eigenvalue weighted by molar-refractivity contribution is 0.281. The van der Waals surface area contributed by atoms with Crippen LogP contribution in [0.1, 0.15) is 39.5 Å². The van der Waals surface area contributed by atoms with E-state index in [9.17, 15) is 0 Å². The minimum Gasteiger partial charge on any atom is -0.396 e. The van der Waals surface area contributed by atoms with Gasteiger partial charge >= 0.3 is 0 Å². The van der Waals surface area contributed by atoms with Crippen molar-refractivity contribution in [2.75, 3.05) is 6.61 Å². The molecule has 0 saturated carbocycles. The molecule has 0 aliphatic rings. The van der Waals surface area contributed by atoms with Crippen molar-refractivity contribution in [2.24, 2.45) is 5.92 Å². The second kappa shape index (κ2) is 9.49. The van der Waals surface area contributed by atoms with E-state index in [1.54, 1.807) is 0 Å². The first-order chi connectivity index (χ1) is 4.27. The minimum atomic E-state index is 0. The standard InChI is InChI=1S/C8H18O.Al.3H/c1-8(2)6-4-3-5-7-9;;;;/h8-9H,3-7H2,1-2H3;;;;. The van der Waals surface area contributed by atoms with Crippen molar-refractivity contribution in [2.45, 2.75) is 39.5 Å². The second-order valence-electron chi connectivity index (χ2n) is 2.97. The fourth-order valence-electron chi connectivity index (χ4n) is 0.841. The SMILES string of the molecule is CC(C)CCCCCO.[AlH3]. The highest BCUT2D eigenvalue weighted by atomic mass is 27.0. The number of rotatable bonds is 5. The van der Waals surface area contributed by atoms with E-state index in [4.69, 9.17) is 5.11 Å². The first kappa shape index (κ1) is 13.1. The van der Waals surface area contributed by atoms with Crippen LogP contribution in [0, 0.1) is 5.92 Å². The molecule has 0 heterocycles. The summed E-state index contributed by atoms with van der Waals surface area (Å²) < 4.78 is 0. The second-order valence-corrected chi connectivity index (χ2v) is 2.97. The van der Waals surface area contributed by atoms with Crippen LogP contribution >= 0.6 is 0 Å². The number of hydrogen-bond acceptors (Lipinski definition) is 1. The van der Waals surface area contributed by atoms with E-state index >= 15 is 0 Å². The van der Waals surface area contributed by atoms with Crippen LogP contribution in [0.15, 0.2) is 0 Å². The third kappa shape index (κ3) is 11.3. The van der Waals surface area contributed by atoms with Crippen molar-refractivity contribution < 1.29 is 5.11 Å². The lowest BCUT2D eigenvalue weighted by Gasteiger charge is -2.01. The van der Waals surface area contributed by atoms with Gasteiger partial charge in [-0.15, -0.1) is 0 Å². The summed E-state index contributed by atoms with van der Waals surface area (Å²) in [4.78, 5) is 0. The third-order valence-corrected chi connectivity index (χ3v) is 1.44. The molecule has 0 unspecified atom stereocenters. The van der Waals surface area contributed by atoms with Crippen molar-refractivity contribution in [3.63, 3.8) is 0 Å². The van der Waals surface area contributed by atoms with Gasteiger partial charge in [-0.1, -0.05) is 33.1 Å². The Morgan fingerprint density at radius 1 is 1.10 bits per heavy atom. The highest BCUT2D eigenvalue weighted by Gasteiger charge is 1.92. The monoisotopic (exact) mass is 160 g/mol. The number of unbranched alkanes of at least 4 members (excludes halogenated alkanes) is 2. The largest absolute Gasteiger partial charge is 0.396 e. The fraction of sp³-hybridized carbons (Fsp3) is 1.00. The van der Waals surface area contributed by atoms with Crippen molar-refractivity contribution in [3.05, 3.63) is 0 Å². The Labute approximate surface area is 75.0 Å². The number of aliphatic hydroxyl groups excluding tert-OH is 1. The van der Waals surface area contributed by atoms with Crippen LogP contribution in [-0.2, 0) is 0 Å². The molecule has 62 valence electrons. The first-order valence-electron chi connectivity index (χ1n) is 3.88. The van der Waals surface area contributed by atoms with Gasteiger partial charge in [-0.3, -0.25) is 0 Å². The molecule has 0 aromatic rings. The first-order valence-corrected chi connectivity index (χ1v) is 3.88. The van der Waals surface area contributed by atoms with Crippen LogP contribution in [-0.4, -0.2) is 29.1 Å². The Morgan fingerprint density at radius 3 is 2.10 bits per heavy atom. The predicted molar refractivity (Wildman–Crippen MR) is 50.3 cm³/mol. The number of aliphatic hydroxyl groups is 1. The molecule has 0 spiro atoms. The van der Waals surface area contributed by atoms with E-state index in [2.05, 4.69) is 13.8 Å². The molecule has 0 aromatic carbocycles. The summed E-state index contributed by atoms with van der Waals surface area (Å²) in [6.07, 6.45) is 4.75. The molecule has 0 aliphatic heterocycles. The molecule has 0 fully saturated rings. The molecule has 2 heteroatoms. The van der Waals surface area contributed by atoms with Gasteiger partial charge in [-0.05, 0) is 12.3 Å². The molecule has 10 heavy (non-hydrogen) atoms. The van der Waals surface area contributed by atoms with Crippen LogP contribution in [0.3, 0.4) is 0 Å². The predicted octanol–water partition coefficient (Wildman–Crippen LogP) is 1.01. The van der Waals surface area contributed by atoms with E-state index in [-0.39, 0.29) is 17.4 Å². The maximum atomic E-state index is 8.43. The van der Waals surface area contributed by atoms with Gasteiger partial charge in [0, 0.05) is 6.61 Å². The summed E-state index contributed by atoms with van der Waals surface area (Å²) in [5, 5.41) is 8.43. The van der Waals surface area contributed by atoms with Crippen molar-refractivity contribution in [3.8, 4) is 0 Å². The molecule has 0 rings (SSSR count). The molecule has 1 nitrogen and oxygen atoms in total. The molecule has 0 aliphatic carbocycles. The van der Waals surface area contributed by atoms with E-state index < -0.39 is 0 Å². The van der Waals surface area contributed by atoms with Gasteiger partial charge in [-0.25, -0.2) is 0 Å². The molecule has 0 amide bonds. The lowest BCUT2D eigenvalue weighted by Crippen LogP contribution is -1.88. The minimum absolute atomic E-state index is 0. The summed E-state index contributed by atoms with van der Waals surface area (Å²) in [6.45, 7) is 4.83. The maximum Gasteiger partial charge on any atom is 0.187 e. The highest BCUT2D eigenvalue weighted by molar-refractivity contribution is 5.75. The van der Waals surface area contributed by atoms with Gasteiger partial charge in [0.25, 0.3) is 0 Å². The molecular weight excluding hydrogens is 139 g/mol. The molecule has 0 bridgehead atoms. The van der Waals surface area contributed by atoms with Crippen molar-refractivity contribution in [1.82, 2.24) is 0 Å². The topological polar surface area (TPSA) is 20.2 Å². The molecule has 1 N–H and O–H groups in total. The highest BCUT2D eigenvalue weighted by Crippen LogP contribution is 2.06. The van der Waals surface area contributed by atoms with E-state index in [0.717, 1.165) is 12.3 Å². The Kier molecular flexibility index (Phi) is 12.4. The fourth-order valence-corrected chi connectivity index (χ4v) is 0.841. The average Bonchev–Trinajstić information content (AvgIpc) is 1.80. The van der Waals surface area contributed by atoms with Crippen LogP contribution in [0.25, 0.3) is 0 Å². The van der Waals surface area contributed by atoms with E-state index in [1.165, 1.54) is 19.3 Å². The zero-order valence-electron chi connectivity index (χ0n) is 6.56. The molecule has 0 atom stereocenters. The summed E-state index contributed by atoms with van der Waals surface area (Å²) >= 11 is 0. The van der Waals surface area contributed by atoms with Crippen molar-refractivity contribution >= 4 is 17.4 Å². The average molecular weight is 160 g/mol. The van der Waals surface area contributed by atoms with Gasteiger partial charge in [0.1, 0.15) is 0 Å². The number of hydrogen-bond donors (Lipinski definition) is 1. The smallest absolute Gasteiger partial charge is 0.187 e. The van der Waals surface area contributed by atoms with Crippen LogP contribution in [0.5, 0.6) is 0 Å². The Bertz CT molecular complexity index is 55.2. The Morgan fingerprint density at radius 2 is 1.70 bits per heavy atom. The normalized spacial score (nSPS) is 9.60. The third-order valence-electron chi connectivity index (χ3n) is 1.44. The van der Waals surface area contributed by atoms with Gasteiger partial charge in [0.05, 0.1) is 0 Å². The van der Waals surface area contributed by atoms with Crippen LogP contribution in [0.2, 0.25) is 0 Å². The van der Waals surface area contributed by atoms with E-state index in [0.29, 0.717) is 6.61 Å². The molecule has 0 radical (unpaired) electrons. The van der Waals surface area contributed by atoms with E-state index in [1.807, 2.05) is 0 Å². The van der Waals surface area contributed by atoms with Crippen LogP contribution < -0.4 is 0 Å². The van der Waals surface area contributed by atoms with Crippen molar-refractivity contribution in [1.29, 1.82) is 0 Å². The van der Waals surface area contributed by atoms with Gasteiger partial charge in [0.2, 0.25) is 0 Å². The zero-order valence-corrected chi connectivity index (χ0v) is 6.56. The van der Waals surface area contributed by atoms with Gasteiger partial charge in [-0.2, -0.15) is 0 Å². The quantitative estimate of drug-likeness (QED) is 0.470. The summed E-state index contributed by atoms with van der Waals surface area (Å²) in [6, 6.07) is 0. The summed E-state index contributed by atoms with van der Waals surface area (Å²) in [5.41, 5.74) is 0. The molecule has 0 saturated heterocycles. The molecule has 0 aromatic heterocycles. The van der Waals surface area contributed by atoms with Gasteiger partial charge in [0.15, 0.2) is 17.4 Å². The van der Waals surface area contributed by atoms with Gasteiger partial charge < -0.3 is 5.11 Å². The summed E-state index contributed by atoms with van der Waals surface area (Å²) in [7, 11) is 0. The lowest BCUT2D eigenvalue weighted by atomic mass is 10.1. The Balaban J connectivity index is 0. The van der Waals surface area contributed by atoms with Crippen LogP contribution in [0.4, 0.5) is 0 Å².